The highest BCUT2D eigenvalue weighted by atomic mass is 19.1. The number of hydrogen-bond acceptors (Lipinski definition) is 5. The number of rotatable bonds is 5. The van der Waals surface area contributed by atoms with Gasteiger partial charge in [0.15, 0.2) is 0 Å². The van der Waals surface area contributed by atoms with Gasteiger partial charge in [-0.25, -0.2) is 8.78 Å². The Bertz CT molecular complexity index is 1310. The van der Waals surface area contributed by atoms with E-state index in [2.05, 4.69) is 4.98 Å². The van der Waals surface area contributed by atoms with Crippen molar-refractivity contribution in [2.45, 2.75) is 32.9 Å². The molecule has 4 rings (SSSR count). The average molecular weight is 464 g/mol. The van der Waals surface area contributed by atoms with Gasteiger partial charge in [-0.05, 0) is 74.4 Å². The first-order chi connectivity index (χ1) is 16.2. The molecule has 0 radical (unpaired) electrons. The van der Waals surface area contributed by atoms with Gasteiger partial charge in [0.1, 0.15) is 23.1 Å². The van der Waals surface area contributed by atoms with Crippen LogP contribution in [-0.4, -0.2) is 27.9 Å². The molecule has 0 saturated carbocycles. The first kappa shape index (κ1) is 23.1. The minimum Gasteiger partial charge on any atom is -0.507 e. The number of aliphatic hydroxyl groups excluding tert-OH is 1. The second-order valence-corrected chi connectivity index (χ2v) is 8.19. The monoisotopic (exact) mass is 464 g/mol. The number of pyridine rings is 1. The van der Waals surface area contributed by atoms with E-state index in [1.807, 2.05) is 13.8 Å². The summed E-state index contributed by atoms with van der Waals surface area (Å²) in [6, 6.07) is 9.58. The molecule has 174 valence electrons. The zero-order valence-corrected chi connectivity index (χ0v) is 18.8. The molecule has 0 aliphatic carbocycles. The predicted octanol–water partition coefficient (Wildman–Crippen LogP) is 5.08. The summed E-state index contributed by atoms with van der Waals surface area (Å²) in [5.41, 5.74) is 0.955. The van der Waals surface area contributed by atoms with Crippen LogP contribution in [0.5, 0.6) is 5.75 Å². The number of benzene rings is 2. The Morgan fingerprint density at radius 1 is 1.06 bits per heavy atom. The van der Waals surface area contributed by atoms with E-state index in [1.165, 1.54) is 12.4 Å². The van der Waals surface area contributed by atoms with Crippen molar-refractivity contribution in [3.63, 3.8) is 0 Å². The van der Waals surface area contributed by atoms with E-state index in [4.69, 9.17) is 4.74 Å². The SMILES string of the molecule is Cc1cc(/C(O)=C2\C(=O)C(=O)N(c3ccc(F)cc3F)C2c2ccncc2)ccc1OC(C)C. The Morgan fingerprint density at radius 2 is 1.76 bits per heavy atom. The molecule has 1 aliphatic heterocycles. The molecular formula is C26H22F2N2O4. The van der Waals surface area contributed by atoms with Crippen LogP contribution in [0.25, 0.3) is 5.76 Å². The minimum absolute atomic E-state index is 0.0548. The lowest BCUT2D eigenvalue weighted by molar-refractivity contribution is -0.132. The van der Waals surface area contributed by atoms with Gasteiger partial charge in [-0.2, -0.15) is 0 Å². The van der Waals surface area contributed by atoms with Crippen molar-refractivity contribution in [3.8, 4) is 5.75 Å². The van der Waals surface area contributed by atoms with Gasteiger partial charge in [0.2, 0.25) is 0 Å². The molecular weight excluding hydrogens is 442 g/mol. The summed E-state index contributed by atoms with van der Waals surface area (Å²) in [6.45, 7) is 5.57. The summed E-state index contributed by atoms with van der Waals surface area (Å²) in [5.74, 6) is -3.64. The fourth-order valence-electron chi connectivity index (χ4n) is 3.96. The number of Topliss-reactive ketones (excluding diaryl/α,β-unsaturated/α-hetero) is 1. The zero-order valence-electron chi connectivity index (χ0n) is 18.8. The van der Waals surface area contributed by atoms with E-state index in [0.29, 0.717) is 22.9 Å². The minimum atomic E-state index is -1.14. The van der Waals surface area contributed by atoms with Crippen LogP contribution in [0.4, 0.5) is 14.5 Å². The third-order valence-electron chi connectivity index (χ3n) is 5.45. The number of amides is 1. The summed E-state index contributed by atoms with van der Waals surface area (Å²) < 4.78 is 33.9. The van der Waals surface area contributed by atoms with Crippen LogP contribution in [0.3, 0.4) is 0 Å². The van der Waals surface area contributed by atoms with Gasteiger partial charge in [0.05, 0.1) is 23.4 Å². The lowest BCUT2D eigenvalue weighted by Gasteiger charge is -2.25. The molecule has 1 aliphatic rings. The maximum absolute atomic E-state index is 14.7. The van der Waals surface area contributed by atoms with Gasteiger partial charge in [0, 0.05) is 24.0 Å². The molecule has 1 aromatic heterocycles. The Balaban J connectivity index is 1.90. The van der Waals surface area contributed by atoms with Crippen LogP contribution < -0.4 is 9.64 Å². The topological polar surface area (TPSA) is 79.7 Å². The lowest BCUT2D eigenvalue weighted by atomic mass is 9.95. The second-order valence-electron chi connectivity index (χ2n) is 8.19. The van der Waals surface area contributed by atoms with Crippen molar-refractivity contribution < 1.29 is 28.2 Å². The van der Waals surface area contributed by atoms with Crippen molar-refractivity contribution in [2.24, 2.45) is 0 Å². The van der Waals surface area contributed by atoms with Crippen LogP contribution in [0.15, 0.2) is 66.5 Å². The number of halogens is 2. The number of carbonyl (C=O) groups excluding carboxylic acids is 2. The van der Waals surface area contributed by atoms with Crippen molar-refractivity contribution in [3.05, 3.63) is 94.8 Å². The fraction of sp³-hybridized carbons (Fsp3) is 0.192. The molecule has 1 saturated heterocycles. The smallest absolute Gasteiger partial charge is 0.300 e. The van der Waals surface area contributed by atoms with Crippen LogP contribution in [0, 0.1) is 18.6 Å². The normalized spacial score (nSPS) is 17.5. The van der Waals surface area contributed by atoms with Crippen molar-refractivity contribution >= 4 is 23.1 Å². The van der Waals surface area contributed by atoms with Crippen molar-refractivity contribution in [1.82, 2.24) is 4.98 Å². The third kappa shape index (κ3) is 4.14. The van der Waals surface area contributed by atoms with Gasteiger partial charge in [-0.15, -0.1) is 0 Å². The standard InChI is InChI=1S/C26H22F2N2O4/c1-14(2)34-21-7-4-17(12-15(21)3)24(31)22-23(16-8-10-29-11-9-16)30(26(33)25(22)32)20-6-5-18(27)13-19(20)28/h4-14,23,31H,1-3H3/b24-22+. The van der Waals surface area contributed by atoms with E-state index in [0.717, 1.165) is 22.6 Å². The molecule has 2 aromatic carbocycles. The maximum atomic E-state index is 14.7. The van der Waals surface area contributed by atoms with Gasteiger partial charge in [0.25, 0.3) is 11.7 Å². The van der Waals surface area contributed by atoms with Crippen molar-refractivity contribution in [1.29, 1.82) is 0 Å². The number of aromatic nitrogens is 1. The molecule has 3 aromatic rings. The number of anilines is 1. The highest BCUT2D eigenvalue weighted by molar-refractivity contribution is 6.51. The number of aliphatic hydroxyl groups is 1. The lowest BCUT2D eigenvalue weighted by Crippen LogP contribution is -2.30. The summed E-state index contributed by atoms with van der Waals surface area (Å²) in [7, 11) is 0. The molecule has 8 heteroatoms. The molecule has 1 atom stereocenters. The second kappa shape index (κ2) is 9.05. The molecule has 0 spiro atoms. The van der Waals surface area contributed by atoms with Gasteiger partial charge < -0.3 is 9.84 Å². The highest BCUT2D eigenvalue weighted by Gasteiger charge is 2.47. The fourth-order valence-corrected chi connectivity index (χ4v) is 3.96. The molecule has 1 fully saturated rings. The van der Waals surface area contributed by atoms with Gasteiger partial charge in [-0.1, -0.05) is 0 Å². The Labute approximate surface area is 195 Å². The highest BCUT2D eigenvalue weighted by Crippen LogP contribution is 2.43. The van der Waals surface area contributed by atoms with E-state index in [9.17, 15) is 23.5 Å². The number of carbonyl (C=O) groups is 2. The summed E-state index contributed by atoms with van der Waals surface area (Å²) in [5, 5.41) is 11.2. The van der Waals surface area contributed by atoms with E-state index in [1.54, 1.807) is 37.3 Å². The van der Waals surface area contributed by atoms with E-state index in [-0.39, 0.29) is 17.4 Å². The molecule has 0 bridgehead atoms. The maximum Gasteiger partial charge on any atom is 0.300 e. The average Bonchev–Trinajstić information content (AvgIpc) is 3.05. The Morgan fingerprint density at radius 3 is 2.38 bits per heavy atom. The molecule has 1 N–H and O–H groups in total. The molecule has 1 amide bonds. The van der Waals surface area contributed by atoms with E-state index >= 15 is 0 Å². The molecule has 1 unspecified atom stereocenters. The van der Waals surface area contributed by atoms with Crippen LogP contribution in [0.1, 0.15) is 36.6 Å². The number of ether oxygens (including phenoxy) is 1. The number of aryl methyl sites for hydroxylation is 1. The van der Waals surface area contributed by atoms with Crippen LogP contribution >= 0.6 is 0 Å². The summed E-state index contributed by atoms with van der Waals surface area (Å²) >= 11 is 0. The number of hydrogen-bond donors (Lipinski definition) is 1. The summed E-state index contributed by atoms with van der Waals surface area (Å²) in [4.78, 5) is 31.0. The quantitative estimate of drug-likeness (QED) is 0.324. The number of nitrogens with zero attached hydrogens (tertiary/aromatic N) is 2. The largest absolute Gasteiger partial charge is 0.507 e. The van der Waals surface area contributed by atoms with E-state index < -0.39 is 35.1 Å². The Hall–Kier alpha value is -4.07. The molecule has 6 nitrogen and oxygen atoms in total. The number of ketones is 1. The first-order valence-corrected chi connectivity index (χ1v) is 10.6. The third-order valence-corrected chi connectivity index (χ3v) is 5.45. The molecule has 34 heavy (non-hydrogen) atoms. The molecule has 2 heterocycles. The van der Waals surface area contributed by atoms with Crippen LogP contribution in [-0.2, 0) is 9.59 Å². The zero-order chi connectivity index (χ0) is 24.6. The first-order valence-electron chi connectivity index (χ1n) is 10.6. The van der Waals surface area contributed by atoms with Gasteiger partial charge >= 0.3 is 0 Å². The van der Waals surface area contributed by atoms with Gasteiger partial charge in [-0.3, -0.25) is 19.5 Å². The van der Waals surface area contributed by atoms with Crippen LogP contribution in [0.2, 0.25) is 0 Å². The summed E-state index contributed by atoms with van der Waals surface area (Å²) in [6.07, 6.45) is 2.86. The van der Waals surface area contributed by atoms with Crippen molar-refractivity contribution in [2.75, 3.05) is 4.90 Å². The Kier molecular flexibility index (Phi) is 6.15. The predicted molar refractivity (Wildman–Crippen MR) is 122 cm³/mol.